The third-order valence-electron chi connectivity index (χ3n) is 5.32. The zero-order valence-electron chi connectivity index (χ0n) is 13.5. The molecule has 0 aromatic carbocycles. The molecule has 5 aliphatic rings. The highest BCUT2D eigenvalue weighted by Crippen LogP contribution is 2.43. The zero-order chi connectivity index (χ0) is 17.1. The van der Waals surface area contributed by atoms with Crippen LogP contribution in [-0.4, -0.2) is 23.0 Å². The maximum atomic E-state index is 10.6. The van der Waals surface area contributed by atoms with Gasteiger partial charge in [0.15, 0.2) is 0 Å². The number of esters is 2. The number of carboxylic acids is 1. The molecule has 24 heavy (non-hydrogen) atoms. The highest BCUT2D eigenvalue weighted by Gasteiger charge is 2.39. The van der Waals surface area contributed by atoms with Crippen molar-refractivity contribution in [1.29, 1.82) is 0 Å². The molecule has 5 heteroatoms. The van der Waals surface area contributed by atoms with Crippen LogP contribution in [0.5, 0.6) is 0 Å². The van der Waals surface area contributed by atoms with E-state index in [0.717, 1.165) is 36.8 Å². The highest BCUT2D eigenvalue weighted by molar-refractivity contribution is 6.04. The van der Waals surface area contributed by atoms with Crippen molar-refractivity contribution >= 4 is 17.9 Å². The summed E-state index contributed by atoms with van der Waals surface area (Å²) in [5.74, 6) is 1.06. The van der Waals surface area contributed by atoms with Gasteiger partial charge in [-0.1, -0.05) is 24.3 Å². The molecule has 0 radical (unpaired) electrons. The Morgan fingerprint density at radius 3 is 1.67 bits per heavy atom. The molecule has 5 atom stereocenters. The van der Waals surface area contributed by atoms with Gasteiger partial charge in [0.25, 0.3) is 0 Å². The van der Waals surface area contributed by atoms with E-state index in [9.17, 15) is 14.4 Å². The van der Waals surface area contributed by atoms with E-state index >= 15 is 0 Å². The summed E-state index contributed by atoms with van der Waals surface area (Å²) in [4.78, 5) is 30.4. The third-order valence-corrected chi connectivity index (χ3v) is 5.32. The Morgan fingerprint density at radius 1 is 0.875 bits per heavy atom. The zero-order valence-corrected chi connectivity index (χ0v) is 13.5. The van der Waals surface area contributed by atoms with Crippen molar-refractivity contribution in [2.24, 2.45) is 29.6 Å². The number of hydrogen-bond donors (Lipinski definition) is 1. The lowest BCUT2D eigenvalue weighted by molar-refractivity contribution is -0.150. The summed E-state index contributed by atoms with van der Waals surface area (Å²) in [6.45, 7) is 0. The molecule has 0 saturated heterocycles. The van der Waals surface area contributed by atoms with Crippen LogP contribution < -0.4 is 0 Å². The number of carboxylic acid groups (broad SMARTS) is 1. The van der Waals surface area contributed by atoms with E-state index in [0.29, 0.717) is 11.8 Å². The van der Waals surface area contributed by atoms with Crippen LogP contribution in [0.4, 0.5) is 0 Å². The molecule has 128 valence electrons. The molecule has 4 aliphatic carbocycles. The van der Waals surface area contributed by atoms with E-state index in [1.165, 1.54) is 19.3 Å². The number of carbonyl (C=O) groups excluding carboxylic acids is 2. The summed E-state index contributed by atoms with van der Waals surface area (Å²) >= 11 is 0. The number of fused-ring (bicyclic) bond motifs is 4. The molecule has 0 spiro atoms. The number of aliphatic carboxylic acids is 1. The summed E-state index contributed by atoms with van der Waals surface area (Å²) in [7, 11) is 0. The number of rotatable bonds is 1. The van der Waals surface area contributed by atoms with Crippen molar-refractivity contribution in [1.82, 2.24) is 0 Å². The van der Waals surface area contributed by atoms with E-state index in [1.807, 2.05) is 0 Å². The number of carbonyl (C=O) groups is 3. The molecule has 0 amide bonds. The summed E-state index contributed by atoms with van der Waals surface area (Å²) in [5.41, 5.74) is 0. The van der Waals surface area contributed by atoms with Crippen LogP contribution in [0, 0.1) is 29.6 Å². The second-order valence-corrected chi connectivity index (χ2v) is 7.02. The first-order valence-corrected chi connectivity index (χ1v) is 8.54. The molecule has 0 aromatic heterocycles. The predicted octanol–water partition coefficient (Wildman–Crippen LogP) is 2.88. The van der Waals surface area contributed by atoms with Crippen molar-refractivity contribution in [3.63, 3.8) is 0 Å². The van der Waals surface area contributed by atoms with Gasteiger partial charge in [-0.25, -0.2) is 9.59 Å². The number of cyclic esters (lactones) is 2. The maximum Gasteiger partial charge on any atom is 0.338 e. The van der Waals surface area contributed by atoms with Crippen molar-refractivity contribution in [2.75, 3.05) is 0 Å². The number of ether oxygens (including phenoxy) is 1. The minimum Gasteiger partial charge on any atom is -0.481 e. The van der Waals surface area contributed by atoms with Gasteiger partial charge in [-0.05, 0) is 55.8 Å². The van der Waals surface area contributed by atoms with Crippen molar-refractivity contribution in [3.05, 3.63) is 36.5 Å². The number of hydrogen-bond acceptors (Lipinski definition) is 4. The van der Waals surface area contributed by atoms with E-state index in [1.54, 1.807) is 0 Å². The molecule has 2 saturated carbocycles. The van der Waals surface area contributed by atoms with Crippen molar-refractivity contribution in [3.8, 4) is 0 Å². The lowest BCUT2D eigenvalue weighted by Crippen LogP contribution is -2.17. The fourth-order valence-corrected chi connectivity index (χ4v) is 4.08. The molecule has 1 heterocycles. The lowest BCUT2D eigenvalue weighted by atomic mass is 9.94. The van der Waals surface area contributed by atoms with Crippen LogP contribution in [0.2, 0.25) is 0 Å². The maximum absolute atomic E-state index is 10.6. The van der Waals surface area contributed by atoms with Gasteiger partial charge in [-0.2, -0.15) is 0 Å². The molecule has 5 rings (SSSR count). The quantitative estimate of drug-likeness (QED) is 0.454. The first-order valence-electron chi connectivity index (χ1n) is 8.54. The van der Waals surface area contributed by atoms with Gasteiger partial charge in [0.2, 0.25) is 0 Å². The van der Waals surface area contributed by atoms with Crippen molar-refractivity contribution < 1.29 is 24.2 Å². The SMILES string of the molecule is C1=CC2CCC1C2.O=C(O)C1CC2C=CC1C2.O=C1C=CC(=O)O1. The third kappa shape index (κ3) is 4.02. The fourth-order valence-electron chi connectivity index (χ4n) is 4.08. The number of allylic oxidation sites excluding steroid dienone is 4. The highest BCUT2D eigenvalue weighted by atomic mass is 16.6. The molecule has 2 fully saturated rings. The molecule has 1 N–H and O–H groups in total. The summed E-state index contributed by atoms with van der Waals surface area (Å²) < 4.78 is 3.97. The van der Waals surface area contributed by atoms with Gasteiger partial charge in [-0.3, -0.25) is 4.79 Å². The van der Waals surface area contributed by atoms with E-state index in [-0.39, 0.29) is 5.92 Å². The Labute approximate surface area is 141 Å². The van der Waals surface area contributed by atoms with Crippen molar-refractivity contribution in [2.45, 2.75) is 32.1 Å². The van der Waals surface area contributed by atoms with Gasteiger partial charge in [0, 0.05) is 12.2 Å². The molecule has 4 bridgehead atoms. The van der Waals surface area contributed by atoms with E-state index in [2.05, 4.69) is 29.0 Å². The first-order chi connectivity index (χ1) is 11.5. The minimum atomic E-state index is -0.614. The molecule has 5 unspecified atom stereocenters. The summed E-state index contributed by atoms with van der Waals surface area (Å²) in [6.07, 6.45) is 17.5. The van der Waals surface area contributed by atoms with E-state index in [4.69, 9.17) is 5.11 Å². The molecular weight excluding hydrogens is 308 g/mol. The Hall–Kier alpha value is -2.17. The Kier molecular flexibility index (Phi) is 4.97. The lowest BCUT2D eigenvalue weighted by Gasteiger charge is -2.11. The predicted molar refractivity (Wildman–Crippen MR) is 86.7 cm³/mol. The van der Waals surface area contributed by atoms with Crippen LogP contribution in [0.1, 0.15) is 32.1 Å². The van der Waals surface area contributed by atoms with Crippen LogP contribution in [-0.2, 0) is 19.1 Å². The molecule has 5 nitrogen and oxygen atoms in total. The van der Waals surface area contributed by atoms with Gasteiger partial charge < -0.3 is 9.84 Å². The smallest absolute Gasteiger partial charge is 0.338 e. The van der Waals surface area contributed by atoms with Crippen LogP contribution in [0.3, 0.4) is 0 Å². The largest absolute Gasteiger partial charge is 0.481 e. The first kappa shape index (κ1) is 16.7. The molecule has 0 aromatic rings. The average molecular weight is 330 g/mol. The van der Waals surface area contributed by atoms with E-state index < -0.39 is 17.9 Å². The summed E-state index contributed by atoms with van der Waals surface area (Å²) in [5, 5.41) is 8.70. The van der Waals surface area contributed by atoms with Crippen LogP contribution >= 0.6 is 0 Å². The van der Waals surface area contributed by atoms with Gasteiger partial charge in [0.1, 0.15) is 0 Å². The molecular formula is C19H22O5. The normalized spacial score (nSPS) is 36.2. The Morgan fingerprint density at radius 2 is 1.46 bits per heavy atom. The van der Waals surface area contributed by atoms with Gasteiger partial charge in [0.05, 0.1) is 5.92 Å². The standard InChI is InChI=1S/C8H10O2.C7H10.C4H2O3/c9-8(10)7-4-5-1-2-6(7)3-5;1-2-7-4-3-6(1)5-7;5-3-1-2-4(6)7-3/h1-2,5-7H,3-4H2,(H,9,10);1-2,6-7H,3-5H2;1-2H. The topological polar surface area (TPSA) is 80.7 Å². The van der Waals surface area contributed by atoms with Gasteiger partial charge in [-0.15, -0.1) is 0 Å². The summed E-state index contributed by atoms with van der Waals surface area (Å²) in [6, 6.07) is 0. The monoisotopic (exact) mass is 330 g/mol. The second kappa shape index (κ2) is 7.16. The molecule has 1 aliphatic heterocycles. The minimum absolute atomic E-state index is 0.0741. The fraction of sp³-hybridized carbons (Fsp3) is 0.526. The Balaban J connectivity index is 0.000000108. The Bertz CT molecular complexity index is 587. The second-order valence-electron chi connectivity index (χ2n) is 7.02. The van der Waals surface area contributed by atoms with Crippen LogP contribution in [0.15, 0.2) is 36.5 Å². The average Bonchev–Trinajstić information content (AvgIpc) is 3.36. The van der Waals surface area contributed by atoms with Crippen LogP contribution in [0.25, 0.3) is 0 Å². The van der Waals surface area contributed by atoms with Gasteiger partial charge >= 0.3 is 17.9 Å².